The zero-order valence-electron chi connectivity index (χ0n) is 14.9. The first-order chi connectivity index (χ1) is 13.2. The van der Waals surface area contributed by atoms with Crippen molar-refractivity contribution in [2.75, 3.05) is 0 Å². The molecule has 7 heteroatoms. The lowest BCUT2D eigenvalue weighted by atomic mass is 10.1. The summed E-state index contributed by atoms with van der Waals surface area (Å²) in [4.78, 5) is 0. The summed E-state index contributed by atoms with van der Waals surface area (Å²) in [5.41, 5.74) is 2.15. The van der Waals surface area contributed by atoms with Gasteiger partial charge in [-0.05, 0) is 11.1 Å². The summed E-state index contributed by atoms with van der Waals surface area (Å²) in [6.07, 6.45) is 0. The number of rotatable bonds is 6. The van der Waals surface area contributed by atoms with E-state index >= 15 is 0 Å². The molecular formula is C20H18N4O2S. The van der Waals surface area contributed by atoms with Gasteiger partial charge in [-0.2, -0.15) is 0 Å². The molecule has 0 bridgehead atoms. The third-order valence-electron chi connectivity index (χ3n) is 4.01. The van der Waals surface area contributed by atoms with Crippen LogP contribution < -0.4 is 0 Å². The van der Waals surface area contributed by atoms with Crippen LogP contribution in [-0.4, -0.2) is 20.4 Å². The van der Waals surface area contributed by atoms with E-state index in [-0.39, 0.29) is 10.5 Å². The first-order valence-electron chi connectivity index (χ1n) is 8.56. The van der Waals surface area contributed by atoms with Crippen LogP contribution in [0.25, 0.3) is 0 Å². The van der Waals surface area contributed by atoms with Gasteiger partial charge in [0, 0.05) is 13.8 Å². The Hall–Kier alpha value is -2.93. The molecule has 4 rings (SSSR count). The molecule has 0 saturated carbocycles. The van der Waals surface area contributed by atoms with Gasteiger partial charge in [0.05, 0.1) is 0 Å². The fraction of sp³-hybridized carbons (Fsp3) is 0.200. The van der Waals surface area contributed by atoms with E-state index in [0.29, 0.717) is 23.6 Å². The van der Waals surface area contributed by atoms with Gasteiger partial charge in [0.1, 0.15) is 10.5 Å². The number of hydrogen-bond donors (Lipinski definition) is 0. The third kappa shape index (κ3) is 3.93. The summed E-state index contributed by atoms with van der Waals surface area (Å²) >= 11 is 1.64. The van der Waals surface area contributed by atoms with Crippen molar-refractivity contribution in [3.8, 4) is 0 Å². The summed E-state index contributed by atoms with van der Waals surface area (Å²) in [7, 11) is 0. The molecule has 0 amide bonds. The summed E-state index contributed by atoms with van der Waals surface area (Å²) in [6.45, 7) is 3.58. The van der Waals surface area contributed by atoms with Gasteiger partial charge in [0.25, 0.3) is 0 Å². The minimum Gasteiger partial charge on any atom is -0.424 e. The molecule has 0 aliphatic carbocycles. The van der Waals surface area contributed by atoms with Crippen molar-refractivity contribution >= 4 is 11.8 Å². The number of benzene rings is 2. The second kappa shape index (κ2) is 7.75. The lowest BCUT2D eigenvalue weighted by molar-refractivity contribution is 0.469. The lowest BCUT2D eigenvalue weighted by Crippen LogP contribution is -2.04. The molecule has 2 aromatic carbocycles. The topological polar surface area (TPSA) is 77.8 Å². The number of aryl methyl sites for hydroxylation is 2. The van der Waals surface area contributed by atoms with Gasteiger partial charge in [0.15, 0.2) is 0 Å². The SMILES string of the molecule is Cc1nnc(C(SC(c2ccccc2)c2nnc(C)o2)c2ccccc2)o1. The Morgan fingerprint density at radius 3 is 1.37 bits per heavy atom. The fourth-order valence-electron chi connectivity index (χ4n) is 2.79. The van der Waals surface area contributed by atoms with Gasteiger partial charge < -0.3 is 8.83 Å². The highest BCUT2D eigenvalue weighted by atomic mass is 32.2. The number of aromatic nitrogens is 4. The molecule has 136 valence electrons. The molecular weight excluding hydrogens is 360 g/mol. The van der Waals surface area contributed by atoms with Crippen molar-refractivity contribution in [3.05, 3.63) is 95.4 Å². The van der Waals surface area contributed by atoms with Crippen LogP contribution in [0.2, 0.25) is 0 Å². The second-order valence-corrected chi connectivity index (χ2v) is 7.25. The molecule has 0 aliphatic heterocycles. The van der Waals surface area contributed by atoms with Gasteiger partial charge >= 0.3 is 0 Å². The molecule has 0 saturated heterocycles. The average molecular weight is 378 g/mol. The highest BCUT2D eigenvalue weighted by Gasteiger charge is 2.30. The molecule has 0 N–H and O–H groups in total. The normalized spacial score (nSPS) is 13.4. The van der Waals surface area contributed by atoms with Crippen LogP contribution in [0, 0.1) is 13.8 Å². The zero-order chi connectivity index (χ0) is 18.6. The van der Waals surface area contributed by atoms with Crippen LogP contribution in [0.15, 0.2) is 69.5 Å². The van der Waals surface area contributed by atoms with Gasteiger partial charge in [-0.15, -0.1) is 32.2 Å². The fourth-order valence-corrected chi connectivity index (χ4v) is 4.11. The predicted octanol–water partition coefficient (Wildman–Crippen LogP) is 4.68. The van der Waals surface area contributed by atoms with E-state index in [9.17, 15) is 0 Å². The van der Waals surface area contributed by atoms with Gasteiger partial charge in [-0.3, -0.25) is 0 Å². The number of thioether (sulfide) groups is 1. The second-order valence-electron chi connectivity index (χ2n) is 6.04. The minimum atomic E-state index is -0.162. The first kappa shape index (κ1) is 17.5. The van der Waals surface area contributed by atoms with Gasteiger partial charge in [-0.25, -0.2) is 0 Å². The van der Waals surface area contributed by atoms with Crippen LogP contribution in [0.5, 0.6) is 0 Å². The smallest absolute Gasteiger partial charge is 0.233 e. The molecule has 2 atom stereocenters. The van der Waals surface area contributed by atoms with Crippen LogP contribution >= 0.6 is 11.8 Å². The van der Waals surface area contributed by atoms with Crippen LogP contribution in [0.4, 0.5) is 0 Å². The molecule has 27 heavy (non-hydrogen) atoms. The van der Waals surface area contributed by atoms with Crippen molar-refractivity contribution in [2.24, 2.45) is 0 Å². The monoisotopic (exact) mass is 378 g/mol. The van der Waals surface area contributed by atoms with Crippen molar-refractivity contribution in [2.45, 2.75) is 24.3 Å². The predicted molar refractivity (Wildman–Crippen MR) is 102 cm³/mol. The molecule has 2 unspecified atom stereocenters. The number of hydrogen-bond acceptors (Lipinski definition) is 7. The Labute approximate surface area is 161 Å². The van der Waals surface area contributed by atoms with Crippen molar-refractivity contribution in [3.63, 3.8) is 0 Å². The first-order valence-corrected chi connectivity index (χ1v) is 9.50. The quantitative estimate of drug-likeness (QED) is 0.482. The highest BCUT2D eigenvalue weighted by molar-refractivity contribution is 8.00. The molecule has 6 nitrogen and oxygen atoms in total. The van der Waals surface area contributed by atoms with E-state index in [1.165, 1.54) is 0 Å². The molecule has 0 aliphatic rings. The van der Waals surface area contributed by atoms with E-state index in [4.69, 9.17) is 8.83 Å². The standard InChI is InChI=1S/C20H18N4O2S/c1-13-21-23-19(25-13)17(15-9-5-3-6-10-15)27-18(16-11-7-4-8-12-16)20-24-22-14(2)26-20/h3-12,17-18H,1-2H3. The molecule has 0 fully saturated rings. The third-order valence-corrected chi connectivity index (χ3v) is 5.50. The highest BCUT2D eigenvalue weighted by Crippen LogP contribution is 2.46. The van der Waals surface area contributed by atoms with E-state index < -0.39 is 0 Å². The van der Waals surface area contributed by atoms with Crippen molar-refractivity contribution in [1.82, 2.24) is 20.4 Å². The van der Waals surface area contributed by atoms with E-state index in [1.807, 2.05) is 36.4 Å². The van der Waals surface area contributed by atoms with Crippen LogP contribution in [0.1, 0.15) is 45.2 Å². The van der Waals surface area contributed by atoms with Gasteiger partial charge in [0.2, 0.25) is 23.6 Å². The average Bonchev–Trinajstić information content (AvgIpc) is 3.32. The lowest BCUT2D eigenvalue weighted by Gasteiger charge is -2.19. The van der Waals surface area contributed by atoms with Crippen LogP contribution in [0.3, 0.4) is 0 Å². The minimum absolute atomic E-state index is 0.162. The summed E-state index contributed by atoms with van der Waals surface area (Å²) in [5, 5.41) is 16.2. The molecule has 2 heterocycles. The molecule has 4 aromatic rings. The summed E-state index contributed by atoms with van der Waals surface area (Å²) < 4.78 is 11.5. The summed E-state index contributed by atoms with van der Waals surface area (Å²) in [6, 6.07) is 20.2. The zero-order valence-corrected chi connectivity index (χ0v) is 15.8. The Bertz CT molecular complexity index is 919. The Kier molecular flexibility index (Phi) is 5.02. The van der Waals surface area contributed by atoms with Crippen molar-refractivity contribution < 1.29 is 8.83 Å². The molecule has 2 aromatic heterocycles. The Balaban J connectivity index is 1.76. The maximum Gasteiger partial charge on any atom is 0.233 e. The van der Waals surface area contributed by atoms with E-state index in [0.717, 1.165) is 11.1 Å². The number of nitrogens with zero attached hydrogens (tertiary/aromatic N) is 4. The summed E-state index contributed by atoms with van der Waals surface area (Å²) in [5.74, 6) is 2.19. The molecule has 0 spiro atoms. The Morgan fingerprint density at radius 2 is 1.04 bits per heavy atom. The largest absolute Gasteiger partial charge is 0.424 e. The van der Waals surface area contributed by atoms with E-state index in [1.54, 1.807) is 25.6 Å². The molecule has 0 radical (unpaired) electrons. The van der Waals surface area contributed by atoms with E-state index in [2.05, 4.69) is 44.7 Å². The maximum atomic E-state index is 5.77. The Morgan fingerprint density at radius 1 is 0.630 bits per heavy atom. The van der Waals surface area contributed by atoms with Gasteiger partial charge in [-0.1, -0.05) is 60.7 Å². The maximum absolute atomic E-state index is 5.77. The van der Waals surface area contributed by atoms with Crippen LogP contribution in [-0.2, 0) is 0 Å². The van der Waals surface area contributed by atoms with Crippen molar-refractivity contribution in [1.29, 1.82) is 0 Å².